The van der Waals surface area contributed by atoms with Gasteiger partial charge in [-0.2, -0.15) is 0 Å². The van der Waals surface area contributed by atoms with E-state index in [0.717, 1.165) is 27.6 Å². The van der Waals surface area contributed by atoms with Gasteiger partial charge >= 0.3 is 6.03 Å². The molecule has 0 aliphatic rings. The minimum atomic E-state index is -0.753. The Morgan fingerprint density at radius 2 is 1.71 bits per heavy atom. The molecule has 4 heteroatoms. The molecule has 2 amide bonds. The minimum Gasteiger partial charge on any atom is -0.387 e. The molecule has 0 saturated heterocycles. The van der Waals surface area contributed by atoms with Crippen molar-refractivity contribution >= 4 is 22.5 Å². The van der Waals surface area contributed by atoms with E-state index >= 15 is 0 Å². The Morgan fingerprint density at radius 3 is 2.50 bits per heavy atom. The average molecular weight is 320 g/mol. The number of hydrogen-bond donors (Lipinski definition) is 3. The zero-order valence-corrected chi connectivity index (χ0v) is 13.5. The molecule has 0 aromatic heterocycles. The fraction of sp³-hybridized carbons (Fsp3) is 0.150. The van der Waals surface area contributed by atoms with E-state index < -0.39 is 6.10 Å². The van der Waals surface area contributed by atoms with Crippen LogP contribution in [-0.2, 0) is 0 Å². The molecular weight excluding hydrogens is 300 g/mol. The molecule has 0 heterocycles. The number of fused-ring (bicyclic) bond motifs is 1. The molecule has 3 aromatic rings. The van der Waals surface area contributed by atoms with Crippen LogP contribution in [0.25, 0.3) is 10.8 Å². The van der Waals surface area contributed by atoms with Gasteiger partial charge in [0.1, 0.15) is 0 Å². The van der Waals surface area contributed by atoms with Gasteiger partial charge in [0.15, 0.2) is 0 Å². The van der Waals surface area contributed by atoms with Crippen LogP contribution in [0.2, 0.25) is 0 Å². The normalized spacial score (nSPS) is 11.9. The van der Waals surface area contributed by atoms with Crippen molar-refractivity contribution in [3.8, 4) is 0 Å². The fourth-order valence-corrected chi connectivity index (χ4v) is 2.60. The molecule has 3 rings (SSSR count). The Hall–Kier alpha value is -2.85. The zero-order valence-electron chi connectivity index (χ0n) is 13.5. The smallest absolute Gasteiger partial charge is 0.319 e. The summed E-state index contributed by atoms with van der Waals surface area (Å²) in [5.41, 5.74) is 2.53. The summed E-state index contributed by atoms with van der Waals surface area (Å²) in [7, 11) is 0. The lowest BCUT2D eigenvalue weighted by molar-refractivity contribution is 0.175. The SMILES string of the molecule is Cc1ccccc1NC(=O)NCC(O)c1ccc2ccccc2c1. The number of carbonyl (C=O) groups is 1. The van der Waals surface area contributed by atoms with E-state index in [1.165, 1.54) is 0 Å². The Bertz CT molecular complexity index is 861. The Labute approximate surface area is 141 Å². The first-order valence-electron chi connectivity index (χ1n) is 7.91. The maximum absolute atomic E-state index is 12.0. The maximum atomic E-state index is 12.0. The van der Waals surface area contributed by atoms with Crippen molar-refractivity contribution in [2.75, 3.05) is 11.9 Å². The molecule has 0 aliphatic carbocycles. The molecule has 24 heavy (non-hydrogen) atoms. The second kappa shape index (κ2) is 7.15. The van der Waals surface area contributed by atoms with Crippen LogP contribution in [0.1, 0.15) is 17.2 Å². The molecule has 0 aliphatic heterocycles. The number of hydrogen-bond acceptors (Lipinski definition) is 2. The molecule has 0 saturated carbocycles. The van der Waals surface area contributed by atoms with Crippen molar-refractivity contribution in [1.29, 1.82) is 0 Å². The second-order valence-corrected chi connectivity index (χ2v) is 5.77. The number of nitrogens with one attached hydrogen (secondary N) is 2. The van der Waals surface area contributed by atoms with Crippen molar-refractivity contribution in [2.24, 2.45) is 0 Å². The summed E-state index contributed by atoms with van der Waals surface area (Å²) in [5.74, 6) is 0. The Kier molecular flexibility index (Phi) is 4.77. The highest BCUT2D eigenvalue weighted by Crippen LogP contribution is 2.20. The number of aryl methyl sites for hydroxylation is 1. The van der Waals surface area contributed by atoms with Crippen LogP contribution < -0.4 is 10.6 Å². The molecule has 0 spiro atoms. The van der Waals surface area contributed by atoms with Gasteiger partial charge in [0.25, 0.3) is 0 Å². The van der Waals surface area contributed by atoms with Crippen LogP contribution >= 0.6 is 0 Å². The number of urea groups is 1. The Balaban J connectivity index is 1.61. The van der Waals surface area contributed by atoms with E-state index in [4.69, 9.17) is 0 Å². The first kappa shape index (κ1) is 16.0. The van der Waals surface area contributed by atoms with Crippen LogP contribution in [-0.4, -0.2) is 17.7 Å². The summed E-state index contributed by atoms with van der Waals surface area (Å²) in [6.07, 6.45) is -0.753. The van der Waals surface area contributed by atoms with Crippen molar-refractivity contribution in [3.63, 3.8) is 0 Å². The maximum Gasteiger partial charge on any atom is 0.319 e. The number of aliphatic hydroxyl groups excluding tert-OH is 1. The molecule has 0 radical (unpaired) electrons. The van der Waals surface area contributed by atoms with E-state index in [1.54, 1.807) is 0 Å². The average Bonchev–Trinajstić information content (AvgIpc) is 2.61. The highest BCUT2D eigenvalue weighted by molar-refractivity contribution is 5.90. The lowest BCUT2D eigenvalue weighted by Gasteiger charge is -2.14. The van der Waals surface area contributed by atoms with Gasteiger partial charge in [-0.05, 0) is 41.0 Å². The van der Waals surface area contributed by atoms with Crippen LogP contribution in [0.15, 0.2) is 66.7 Å². The number of benzene rings is 3. The van der Waals surface area contributed by atoms with Gasteiger partial charge in [-0.15, -0.1) is 0 Å². The zero-order chi connectivity index (χ0) is 16.9. The van der Waals surface area contributed by atoms with Crippen molar-refractivity contribution < 1.29 is 9.90 Å². The monoisotopic (exact) mass is 320 g/mol. The molecule has 122 valence electrons. The summed E-state index contributed by atoms with van der Waals surface area (Å²) in [4.78, 5) is 12.0. The predicted octanol–water partition coefficient (Wildman–Crippen LogP) is 4.00. The molecule has 1 atom stereocenters. The van der Waals surface area contributed by atoms with Crippen molar-refractivity contribution in [2.45, 2.75) is 13.0 Å². The van der Waals surface area contributed by atoms with Crippen LogP contribution in [0, 0.1) is 6.92 Å². The highest BCUT2D eigenvalue weighted by atomic mass is 16.3. The number of anilines is 1. The fourth-order valence-electron chi connectivity index (χ4n) is 2.60. The van der Waals surface area contributed by atoms with Gasteiger partial charge in [-0.1, -0.05) is 54.6 Å². The van der Waals surface area contributed by atoms with Crippen LogP contribution in [0.4, 0.5) is 10.5 Å². The van der Waals surface area contributed by atoms with E-state index in [1.807, 2.05) is 73.7 Å². The highest BCUT2D eigenvalue weighted by Gasteiger charge is 2.10. The van der Waals surface area contributed by atoms with Gasteiger partial charge in [0, 0.05) is 12.2 Å². The van der Waals surface area contributed by atoms with Crippen molar-refractivity contribution in [3.05, 3.63) is 77.9 Å². The molecular formula is C20H20N2O2. The lowest BCUT2D eigenvalue weighted by Crippen LogP contribution is -2.32. The topological polar surface area (TPSA) is 61.4 Å². The summed E-state index contributed by atoms with van der Waals surface area (Å²) >= 11 is 0. The summed E-state index contributed by atoms with van der Waals surface area (Å²) in [5, 5.41) is 18.0. The first-order chi connectivity index (χ1) is 11.6. The second-order valence-electron chi connectivity index (χ2n) is 5.77. The predicted molar refractivity (Wildman–Crippen MR) is 97.1 cm³/mol. The molecule has 3 N–H and O–H groups in total. The molecule has 1 unspecified atom stereocenters. The minimum absolute atomic E-state index is 0.149. The third kappa shape index (κ3) is 3.73. The van der Waals surface area contributed by atoms with Gasteiger partial charge in [0.2, 0.25) is 0 Å². The van der Waals surface area contributed by atoms with E-state index in [-0.39, 0.29) is 12.6 Å². The van der Waals surface area contributed by atoms with Gasteiger partial charge in [-0.25, -0.2) is 4.79 Å². The van der Waals surface area contributed by atoms with E-state index in [9.17, 15) is 9.90 Å². The summed E-state index contributed by atoms with van der Waals surface area (Å²) in [6.45, 7) is 2.08. The third-order valence-electron chi connectivity index (χ3n) is 4.01. The van der Waals surface area contributed by atoms with E-state index in [0.29, 0.717) is 0 Å². The number of rotatable bonds is 4. The molecule has 0 bridgehead atoms. The largest absolute Gasteiger partial charge is 0.387 e. The number of aliphatic hydroxyl groups is 1. The standard InChI is InChI=1S/C20H20N2O2/c1-14-6-2-5-9-18(14)22-20(24)21-13-19(23)17-11-10-15-7-3-4-8-16(15)12-17/h2-12,19,23H,13H2,1H3,(H2,21,22,24). The molecule has 3 aromatic carbocycles. The third-order valence-corrected chi connectivity index (χ3v) is 4.01. The van der Waals surface area contributed by atoms with Gasteiger partial charge in [-0.3, -0.25) is 0 Å². The van der Waals surface area contributed by atoms with Crippen LogP contribution in [0.5, 0.6) is 0 Å². The van der Waals surface area contributed by atoms with Gasteiger partial charge < -0.3 is 15.7 Å². The quantitative estimate of drug-likeness (QED) is 0.680. The van der Waals surface area contributed by atoms with Crippen LogP contribution in [0.3, 0.4) is 0 Å². The van der Waals surface area contributed by atoms with Gasteiger partial charge in [0.05, 0.1) is 6.10 Å². The summed E-state index contributed by atoms with van der Waals surface area (Å²) in [6, 6.07) is 21.0. The number of amides is 2. The molecule has 0 fully saturated rings. The van der Waals surface area contributed by atoms with E-state index in [2.05, 4.69) is 10.6 Å². The van der Waals surface area contributed by atoms with Crippen molar-refractivity contribution in [1.82, 2.24) is 5.32 Å². The molecule has 4 nitrogen and oxygen atoms in total. The first-order valence-corrected chi connectivity index (χ1v) is 7.91. The number of para-hydroxylation sites is 1. The Morgan fingerprint density at radius 1 is 1.00 bits per heavy atom. The number of carbonyl (C=O) groups excluding carboxylic acids is 1. The summed E-state index contributed by atoms with van der Waals surface area (Å²) < 4.78 is 0. The lowest BCUT2D eigenvalue weighted by atomic mass is 10.0.